The molecule has 1 aliphatic rings. The molecule has 1 aromatic carbocycles. The summed E-state index contributed by atoms with van der Waals surface area (Å²) >= 11 is 0. The summed E-state index contributed by atoms with van der Waals surface area (Å²) < 4.78 is 0. The van der Waals surface area contributed by atoms with E-state index in [1.165, 1.54) is 18.3 Å². The van der Waals surface area contributed by atoms with E-state index in [9.17, 15) is 14.4 Å². The summed E-state index contributed by atoms with van der Waals surface area (Å²) in [4.78, 5) is 41.7. The molecule has 2 heterocycles. The van der Waals surface area contributed by atoms with Crippen LogP contribution in [0.4, 0.5) is 0 Å². The molecule has 27 heavy (non-hydrogen) atoms. The monoisotopic (exact) mass is 367 g/mol. The standard InChI is InChI=1S/C20H21N3O4/c24-18(14-6-2-1-3-7-14)22-13-16-8-4-5-11-23(16)19(25)15-9-10-21-17(12-15)20(26)27/h1-3,6-7,9-10,12,16H,4-5,8,11,13H2,(H,22,24)(H,26,27). The highest BCUT2D eigenvalue weighted by atomic mass is 16.4. The number of benzene rings is 1. The van der Waals surface area contributed by atoms with Crippen LogP contribution < -0.4 is 5.32 Å². The minimum Gasteiger partial charge on any atom is -0.477 e. The number of carbonyl (C=O) groups is 3. The van der Waals surface area contributed by atoms with Crippen LogP contribution in [0.15, 0.2) is 48.7 Å². The molecule has 0 radical (unpaired) electrons. The van der Waals surface area contributed by atoms with E-state index < -0.39 is 5.97 Å². The Balaban J connectivity index is 1.69. The fourth-order valence-electron chi connectivity index (χ4n) is 3.23. The lowest BCUT2D eigenvalue weighted by Crippen LogP contribution is -2.49. The van der Waals surface area contributed by atoms with Crippen molar-refractivity contribution in [3.05, 3.63) is 65.5 Å². The van der Waals surface area contributed by atoms with E-state index >= 15 is 0 Å². The minimum absolute atomic E-state index is 0.125. The minimum atomic E-state index is -1.17. The van der Waals surface area contributed by atoms with E-state index in [1.807, 2.05) is 6.07 Å². The number of nitrogens with zero attached hydrogens (tertiary/aromatic N) is 2. The third kappa shape index (κ3) is 4.49. The Hall–Kier alpha value is -3.22. The van der Waals surface area contributed by atoms with Gasteiger partial charge in [0, 0.05) is 36.5 Å². The molecule has 140 valence electrons. The zero-order chi connectivity index (χ0) is 19.2. The summed E-state index contributed by atoms with van der Waals surface area (Å²) in [5, 5.41) is 12.0. The molecule has 2 amide bonds. The summed E-state index contributed by atoms with van der Waals surface area (Å²) in [6, 6.07) is 11.6. The van der Waals surface area contributed by atoms with Crippen molar-refractivity contribution in [3.8, 4) is 0 Å². The normalized spacial score (nSPS) is 16.6. The van der Waals surface area contributed by atoms with Gasteiger partial charge in [-0.2, -0.15) is 0 Å². The summed E-state index contributed by atoms with van der Waals surface area (Å²) in [7, 11) is 0. The van der Waals surface area contributed by atoms with Crippen LogP contribution in [0.2, 0.25) is 0 Å². The molecule has 7 nitrogen and oxygen atoms in total. The Morgan fingerprint density at radius 3 is 2.63 bits per heavy atom. The Kier molecular flexibility index (Phi) is 5.80. The first kappa shape index (κ1) is 18.6. The first-order valence-corrected chi connectivity index (χ1v) is 8.90. The number of likely N-dealkylation sites (tertiary alicyclic amines) is 1. The molecule has 1 unspecified atom stereocenters. The lowest BCUT2D eigenvalue weighted by Gasteiger charge is -2.36. The van der Waals surface area contributed by atoms with Crippen LogP contribution in [0.5, 0.6) is 0 Å². The van der Waals surface area contributed by atoms with Crippen molar-refractivity contribution in [1.29, 1.82) is 0 Å². The largest absolute Gasteiger partial charge is 0.477 e. The van der Waals surface area contributed by atoms with E-state index in [2.05, 4.69) is 10.3 Å². The second kappa shape index (κ2) is 8.44. The van der Waals surface area contributed by atoms with Gasteiger partial charge < -0.3 is 15.3 Å². The number of nitrogens with one attached hydrogen (secondary N) is 1. The maximum Gasteiger partial charge on any atom is 0.354 e. The van der Waals surface area contributed by atoms with E-state index in [1.54, 1.807) is 29.2 Å². The Morgan fingerprint density at radius 2 is 1.89 bits per heavy atom. The third-order valence-electron chi connectivity index (χ3n) is 4.65. The number of piperidine rings is 1. The van der Waals surface area contributed by atoms with E-state index in [4.69, 9.17) is 5.11 Å². The zero-order valence-corrected chi connectivity index (χ0v) is 14.8. The van der Waals surface area contributed by atoms with Crippen LogP contribution in [0.3, 0.4) is 0 Å². The van der Waals surface area contributed by atoms with Gasteiger partial charge in [-0.3, -0.25) is 9.59 Å². The van der Waals surface area contributed by atoms with Crippen molar-refractivity contribution in [2.45, 2.75) is 25.3 Å². The van der Waals surface area contributed by atoms with Gasteiger partial charge in [-0.25, -0.2) is 9.78 Å². The number of carboxylic acid groups (broad SMARTS) is 1. The van der Waals surface area contributed by atoms with Crippen molar-refractivity contribution in [2.75, 3.05) is 13.1 Å². The number of hydrogen-bond donors (Lipinski definition) is 2. The smallest absolute Gasteiger partial charge is 0.354 e. The van der Waals surface area contributed by atoms with Gasteiger partial charge in [0.1, 0.15) is 5.69 Å². The molecule has 0 spiro atoms. The molecular weight excluding hydrogens is 346 g/mol. The topological polar surface area (TPSA) is 99.6 Å². The number of carboxylic acids is 1. The summed E-state index contributed by atoms with van der Waals surface area (Å²) in [6.07, 6.45) is 3.97. The summed E-state index contributed by atoms with van der Waals surface area (Å²) in [6.45, 7) is 0.936. The second-order valence-electron chi connectivity index (χ2n) is 6.46. The van der Waals surface area contributed by atoms with E-state index in [0.717, 1.165) is 19.3 Å². The van der Waals surface area contributed by atoms with Gasteiger partial charge in [0.15, 0.2) is 0 Å². The van der Waals surface area contributed by atoms with Gasteiger partial charge in [0.2, 0.25) is 0 Å². The first-order chi connectivity index (χ1) is 13.1. The molecule has 1 aromatic heterocycles. The highest BCUT2D eigenvalue weighted by molar-refractivity contribution is 5.97. The Bertz CT molecular complexity index is 838. The van der Waals surface area contributed by atoms with Crippen molar-refractivity contribution in [3.63, 3.8) is 0 Å². The number of rotatable bonds is 5. The molecule has 0 aliphatic carbocycles. The van der Waals surface area contributed by atoms with Gasteiger partial charge in [-0.1, -0.05) is 18.2 Å². The lowest BCUT2D eigenvalue weighted by atomic mass is 10.0. The van der Waals surface area contributed by atoms with Gasteiger partial charge >= 0.3 is 5.97 Å². The van der Waals surface area contributed by atoms with Gasteiger partial charge in [0.05, 0.1) is 0 Å². The Morgan fingerprint density at radius 1 is 1.11 bits per heavy atom. The van der Waals surface area contributed by atoms with Crippen molar-refractivity contribution >= 4 is 17.8 Å². The number of aromatic nitrogens is 1. The molecule has 0 bridgehead atoms. The predicted molar refractivity (Wildman–Crippen MR) is 98.6 cm³/mol. The molecule has 3 rings (SSSR count). The van der Waals surface area contributed by atoms with Crippen molar-refractivity contribution in [2.24, 2.45) is 0 Å². The van der Waals surface area contributed by atoms with Gasteiger partial charge in [-0.05, 0) is 43.5 Å². The fourth-order valence-corrected chi connectivity index (χ4v) is 3.23. The maximum absolute atomic E-state index is 12.9. The Labute approximate surface area is 157 Å². The molecule has 1 atom stereocenters. The molecule has 0 saturated carbocycles. The van der Waals surface area contributed by atoms with Gasteiger partial charge in [0.25, 0.3) is 11.8 Å². The SMILES string of the molecule is O=C(NCC1CCCCN1C(=O)c1ccnc(C(=O)O)c1)c1ccccc1. The number of aromatic carboxylic acids is 1. The quantitative estimate of drug-likeness (QED) is 0.844. The molecule has 1 aliphatic heterocycles. The maximum atomic E-state index is 12.9. The van der Waals surface area contributed by atoms with Crippen LogP contribution in [-0.4, -0.2) is 51.9 Å². The highest BCUT2D eigenvalue weighted by Crippen LogP contribution is 2.20. The summed E-state index contributed by atoms with van der Waals surface area (Å²) in [5.74, 6) is -1.58. The average molecular weight is 367 g/mol. The lowest BCUT2D eigenvalue weighted by molar-refractivity contribution is 0.0602. The number of amides is 2. The highest BCUT2D eigenvalue weighted by Gasteiger charge is 2.28. The van der Waals surface area contributed by atoms with Crippen LogP contribution in [-0.2, 0) is 0 Å². The van der Waals surface area contributed by atoms with Crippen LogP contribution in [0.1, 0.15) is 50.5 Å². The number of pyridine rings is 1. The molecule has 1 fully saturated rings. The van der Waals surface area contributed by atoms with Crippen molar-refractivity contribution < 1.29 is 19.5 Å². The summed E-state index contributed by atoms with van der Waals surface area (Å²) in [5.41, 5.74) is 0.710. The number of hydrogen-bond acceptors (Lipinski definition) is 4. The van der Waals surface area contributed by atoms with E-state index in [-0.39, 0.29) is 23.6 Å². The van der Waals surface area contributed by atoms with Crippen LogP contribution in [0.25, 0.3) is 0 Å². The predicted octanol–water partition coefficient (Wildman–Crippen LogP) is 2.20. The number of carbonyl (C=O) groups excluding carboxylic acids is 2. The molecular formula is C20H21N3O4. The fraction of sp³-hybridized carbons (Fsp3) is 0.300. The zero-order valence-electron chi connectivity index (χ0n) is 14.8. The molecule has 7 heteroatoms. The van der Waals surface area contributed by atoms with Crippen LogP contribution >= 0.6 is 0 Å². The van der Waals surface area contributed by atoms with Gasteiger partial charge in [-0.15, -0.1) is 0 Å². The second-order valence-corrected chi connectivity index (χ2v) is 6.46. The molecule has 2 aromatic rings. The third-order valence-corrected chi connectivity index (χ3v) is 4.65. The molecule has 2 N–H and O–H groups in total. The average Bonchev–Trinajstić information content (AvgIpc) is 2.72. The molecule has 1 saturated heterocycles. The van der Waals surface area contributed by atoms with Crippen molar-refractivity contribution in [1.82, 2.24) is 15.2 Å². The first-order valence-electron chi connectivity index (χ1n) is 8.90. The van der Waals surface area contributed by atoms with E-state index in [0.29, 0.717) is 24.2 Å². The van der Waals surface area contributed by atoms with Crippen LogP contribution in [0, 0.1) is 0 Å².